The molecule has 0 radical (unpaired) electrons. The Morgan fingerprint density at radius 2 is 2.10 bits per heavy atom. The van der Waals surface area contributed by atoms with Crippen molar-refractivity contribution in [1.82, 2.24) is 24.9 Å². The molecule has 5 nitrogen and oxygen atoms in total. The lowest BCUT2D eigenvalue weighted by atomic mass is 10.2. The van der Waals surface area contributed by atoms with Gasteiger partial charge in [0.2, 0.25) is 0 Å². The van der Waals surface area contributed by atoms with Gasteiger partial charge >= 0.3 is 0 Å². The van der Waals surface area contributed by atoms with Crippen molar-refractivity contribution in [2.75, 3.05) is 0 Å². The van der Waals surface area contributed by atoms with Gasteiger partial charge in [0, 0.05) is 31.5 Å². The molecule has 7 heteroatoms. The monoisotopic (exact) mass is 297 g/mol. The van der Waals surface area contributed by atoms with Gasteiger partial charge in [-0.15, -0.1) is 0 Å². The van der Waals surface area contributed by atoms with Crippen LogP contribution in [0.15, 0.2) is 24.5 Å². The highest BCUT2D eigenvalue weighted by atomic mass is 19.3. The molecule has 0 bridgehead atoms. The van der Waals surface area contributed by atoms with Crippen LogP contribution in [0.3, 0.4) is 0 Å². The van der Waals surface area contributed by atoms with Crippen LogP contribution in [-0.4, -0.2) is 26.0 Å². The van der Waals surface area contributed by atoms with Crippen LogP contribution < -0.4 is 5.32 Å². The largest absolute Gasteiger partial charge is 0.305 e. The second-order valence-corrected chi connectivity index (χ2v) is 5.05. The number of alkyl halides is 2. The van der Waals surface area contributed by atoms with E-state index in [1.54, 1.807) is 18.5 Å². The smallest absolute Gasteiger partial charge is 0.257 e. The van der Waals surface area contributed by atoms with Crippen molar-refractivity contribution in [3.05, 3.63) is 35.9 Å². The maximum absolute atomic E-state index is 12.2. The van der Waals surface area contributed by atoms with Gasteiger partial charge in [0.05, 0.1) is 11.4 Å². The molecular weight excluding hydrogens is 276 g/mol. The summed E-state index contributed by atoms with van der Waals surface area (Å²) in [6, 6.07) is 4.10. The SMILES string of the molecule is CC[C@H](C)n1nccc1CNCc1ccn(CC(F)F)n1. The van der Waals surface area contributed by atoms with Gasteiger partial charge in [-0.3, -0.25) is 9.36 Å². The standard InChI is InChI=1S/C14H21F2N5/c1-3-11(2)21-13(4-6-18-21)9-17-8-12-5-7-20(19-12)10-14(15)16/h4-7,11,14,17H,3,8-10H2,1-2H3/t11-/m0/s1. The van der Waals surface area contributed by atoms with Crippen LogP contribution in [0.1, 0.15) is 37.7 Å². The lowest BCUT2D eigenvalue weighted by Crippen LogP contribution is -2.18. The number of nitrogens with zero attached hydrogens (tertiary/aromatic N) is 4. The summed E-state index contributed by atoms with van der Waals surface area (Å²) in [7, 11) is 0. The molecule has 0 amide bonds. The molecule has 1 N–H and O–H groups in total. The average molecular weight is 297 g/mol. The first-order chi connectivity index (χ1) is 10.1. The molecular formula is C14H21F2N5. The number of halogens is 2. The molecule has 2 aromatic rings. The molecule has 0 fully saturated rings. The third-order valence-corrected chi connectivity index (χ3v) is 3.39. The Hall–Kier alpha value is -1.76. The van der Waals surface area contributed by atoms with Crippen molar-refractivity contribution in [3.8, 4) is 0 Å². The zero-order valence-electron chi connectivity index (χ0n) is 12.3. The van der Waals surface area contributed by atoms with Crippen molar-refractivity contribution in [2.24, 2.45) is 0 Å². The predicted octanol–water partition coefficient (Wildman–Crippen LogP) is 2.61. The van der Waals surface area contributed by atoms with Crippen LogP contribution in [0.2, 0.25) is 0 Å². The van der Waals surface area contributed by atoms with Gasteiger partial charge < -0.3 is 5.32 Å². The number of hydrogen-bond donors (Lipinski definition) is 1. The zero-order chi connectivity index (χ0) is 15.2. The number of hydrogen-bond acceptors (Lipinski definition) is 3. The maximum Gasteiger partial charge on any atom is 0.257 e. The van der Waals surface area contributed by atoms with Crippen LogP contribution in [-0.2, 0) is 19.6 Å². The van der Waals surface area contributed by atoms with E-state index in [0.29, 0.717) is 19.1 Å². The molecule has 0 saturated carbocycles. The second-order valence-electron chi connectivity index (χ2n) is 5.05. The Morgan fingerprint density at radius 3 is 2.81 bits per heavy atom. The van der Waals surface area contributed by atoms with Gasteiger partial charge in [0.15, 0.2) is 0 Å². The normalized spacial score (nSPS) is 13.0. The molecule has 2 aromatic heterocycles. The van der Waals surface area contributed by atoms with E-state index < -0.39 is 6.43 Å². The van der Waals surface area contributed by atoms with E-state index in [1.807, 2.05) is 10.7 Å². The van der Waals surface area contributed by atoms with Crippen molar-refractivity contribution in [2.45, 2.75) is 52.4 Å². The quantitative estimate of drug-likeness (QED) is 0.815. The van der Waals surface area contributed by atoms with Gasteiger partial charge in [-0.1, -0.05) is 6.92 Å². The minimum Gasteiger partial charge on any atom is -0.305 e. The first-order valence-corrected chi connectivity index (χ1v) is 7.13. The Balaban J connectivity index is 1.84. The fourth-order valence-corrected chi connectivity index (χ4v) is 2.11. The molecule has 0 aliphatic rings. The van der Waals surface area contributed by atoms with E-state index in [9.17, 15) is 8.78 Å². The van der Waals surface area contributed by atoms with Crippen LogP contribution >= 0.6 is 0 Å². The van der Waals surface area contributed by atoms with Crippen molar-refractivity contribution in [3.63, 3.8) is 0 Å². The molecule has 0 aliphatic carbocycles. The molecule has 0 unspecified atom stereocenters. The summed E-state index contributed by atoms with van der Waals surface area (Å²) in [6.45, 7) is 5.11. The fraction of sp³-hybridized carbons (Fsp3) is 0.571. The van der Waals surface area contributed by atoms with Crippen LogP contribution in [0.5, 0.6) is 0 Å². The summed E-state index contributed by atoms with van der Waals surface area (Å²) in [5, 5.41) is 11.7. The molecule has 1 atom stereocenters. The molecule has 0 spiro atoms. The molecule has 116 valence electrons. The van der Waals surface area contributed by atoms with E-state index in [-0.39, 0.29) is 6.54 Å². The summed E-state index contributed by atoms with van der Waals surface area (Å²) in [5.74, 6) is 0. The van der Waals surface area contributed by atoms with E-state index in [2.05, 4.69) is 29.4 Å². The first-order valence-electron chi connectivity index (χ1n) is 7.13. The highest BCUT2D eigenvalue weighted by molar-refractivity contribution is 5.03. The van der Waals surface area contributed by atoms with Gasteiger partial charge in [-0.05, 0) is 25.5 Å². The van der Waals surface area contributed by atoms with Gasteiger partial charge in [-0.25, -0.2) is 8.78 Å². The lowest BCUT2D eigenvalue weighted by molar-refractivity contribution is 0.121. The Labute approximate surface area is 123 Å². The highest BCUT2D eigenvalue weighted by Crippen LogP contribution is 2.12. The molecule has 0 saturated heterocycles. The minimum absolute atomic E-state index is 0.360. The van der Waals surface area contributed by atoms with Gasteiger partial charge in [0.25, 0.3) is 6.43 Å². The molecule has 2 rings (SSSR count). The third-order valence-electron chi connectivity index (χ3n) is 3.39. The number of rotatable bonds is 8. The van der Waals surface area contributed by atoms with E-state index in [0.717, 1.165) is 17.8 Å². The predicted molar refractivity (Wildman–Crippen MR) is 76.0 cm³/mol. The van der Waals surface area contributed by atoms with Crippen molar-refractivity contribution in [1.29, 1.82) is 0 Å². The minimum atomic E-state index is -2.38. The Bertz CT molecular complexity index is 549. The van der Waals surface area contributed by atoms with Gasteiger partial charge in [0.1, 0.15) is 6.54 Å². The van der Waals surface area contributed by atoms with Crippen LogP contribution in [0.25, 0.3) is 0 Å². The Morgan fingerprint density at radius 1 is 1.29 bits per heavy atom. The Kier molecular flexibility index (Phi) is 5.44. The zero-order valence-corrected chi connectivity index (χ0v) is 12.3. The van der Waals surface area contributed by atoms with Crippen LogP contribution in [0, 0.1) is 0 Å². The molecule has 21 heavy (non-hydrogen) atoms. The summed E-state index contributed by atoms with van der Waals surface area (Å²) in [4.78, 5) is 0. The van der Waals surface area contributed by atoms with Crippen molar-refractivity contribution >= 4 is 0 Å². The number of aromatic nitrogens is 4. The van der Waals surface area contributed by atoms with Crippen LogP contribution in [0.4, 0.5) is 8.78 Å². The topological polar surface area (TPSA) is 47.7 Å². The van der Waals surface area contributed by atoms with E-state index in [1.165, 1.54) is 4.68 Å². The maximum atomic E-state index is 12.2. The molecule has 2 heterocycles. The van der Waals surface area contributed by atoms with Crippen molar-refractivity contribution < 1.29 is 8.78 Å². The van der Waals surface area contributed by atoms with E-state index in [4.69, 9.17) is 0 Å². The first kappa shape index (κ1) is 15.6. The summed E-state index contributed by atoms with van der Waals surface area (Å²) < 4.78 is 27.7. The highest BCUT2D eigenvalue weighted by Gasteiger charge is 2.09. The van der Waals surface area contributed by atoms with E-state index >= 15 is 0 Å². The summed E-state index contributed by atoms with van der Waals surface area (Å²) in [6.07, 6.45) is 2.01. The molecule has 0 aliphatic heterocycles. The summed E-state index contributed by atoms with van der Waals surface area (Å²) >= 11 is 0. The fourth-order valence-electron chi connectivity index (χ4n) is 2.11. The molecule has 0 aromatic carbocycles. The lowest BCUT2D eigenvalue weighted by Gasteiger charge is -2.13. The summed E-state index contributed by atoms with van der Waals surface area (Å²) in [5.41, 5.74) is 1.86. The van der Waals surface area contributed by atoms with Gasteiger partial charge in [-0.2, -0.15) is 10.2 Å². The second kappa shape index (κ2) is 7.31. The average Bonchev–Trinajstić information content (AvgIpc) is 3.07. The third kappa shape index (κ3) is 4.35. The number of nitrogens with one attached hydrogen (secondary N) is 1.